The van der Waals surface area contributed by atoms with Crippen LogP contribution in [0.3, 0.4) is 0 Å². The van der Waals surface area contributed by atoms with Gasteiger partial charge in [-0.2, -0.15) is 5.26 Å². The van der Waals surface area contributed by atoms with Crippen molar-refractivity contribution in [3.63, 3.8) is 0 Å². The molecule has 1 aromatic rings. The minimum atomic E-state index is 0.0277. The number of nitrogens with zero attached hydrogens (tertiary/aromatic N) is 2. The highest BCUT2D eigenvalue weighted by molar-refractivity contribution is 6.00. The van der Waals surface area contributed by atoms with Gasteiger partial charge in [0, 0.05) is 30.9 Å². The van der Waals surface area contributed by atoms with Crippen molar-refractivity contribution in [2.75, 3.05) is 25.2 Å². The number of anilines is 1. The number of ether oxygens (including phenoxy) is 1. The van der Waals surface area contributed by atoms with Crippen LogP contribution in [-0.2, 0) is 4.74 Å². The van der Waals surface area contributed by atoms with Crippen LogP contribution < -0.4 is 4.90 Å². The van der Waals surface area contributed by atoms with Crippen LogP contribution in [0.2, 0.25) is 0 Å². The molecule has 0 heterocycles. The Morgan fingerprint density at radius 3 is 2.76 bits per heavy atom. The maximum atomic E-state index is 11.9. The highest BCUT2D eigenvalue weighted by Crippen LogP contribution is 2.38. The molecule has 1 aliphatic carbocycles. The fourth-order valence-electron chi connectivity index (χ4n) is 2.70. The summed E-state index contributed by atoms with van der Waals surface area (Å²) in [6, 6.07) is 7.80. The average Bonchev–Trinajstić information content (AvgIpc) is 3.31. The predicted molar refractivity (Wildman–Crippen MR) is 82.6 cm³/mol. The van der Waals surface area contributed by atoms with E-state index in [0.29, 0.717) is 29.7 Å². The molecular formula is C17H22N2O2. The summed E-state index contributed by atoms with van der Waals surface area (Å²) < 4.78 is 5.21. The van der Waals surface area contributed by atoms with Gasteiger partial charge in [0.25, 0.3) is 0 Å². The van der Waals surface area contributed by atoms with Crippen LogP contribution in [0.4, 0.5) is 5.69 Å². The maximum absolute atomic E-state index is 11.9. The average molecular weight is 286 g/mol. The van der Waals surface area contributed by atoms with Crippen LogP contribution in [0.1, 0.15) is 42.6 Å². The van der Waals surface area contributed by atoms with Crippen molar-refractivity contribution in [1.82, 2.24) is 0 Å². The number of Topliss-reactive ketones (excluding diaryl/α,β-unsaturated/α-hetero) is 1. The summed E-state index contributed by atoms with van der Waals surface area (Å²) in [5.74, 6) is 0.701. The van der Waals surface area contributed by atoms with Gasteiger partial charge in [0.05, 0.1) is 18.2 Å². The van der Waals surface area contributed by atoms with Gasteiger partial charge in [-0.3, -0.25) is 4.79 Å². The second-order valence-corrected chi connectivity index (χ2v) is 5.66. The summed E-state index contributed by atoms with van der Waals surface area (Å²) in [7, 11) is 1.68. The van der Waals surface area contributed by atoms with Gasteiger partial charge in [-0.1, -0.05) is 0 Å². The van der Waals surface area contributed by atoms with E-state index >= 15 is 0 Å². The van der Waals surface area contributed by atoms with E-state index in [4.69, 9.17) is 10.00 Å². The van der Waals surface area contributed by atoms with Crippen molar-refractivity contribution in [2.45, 2.75) is 32.7 Å². The molecule has 1 saturated carbocycles. The van der Waals surface area contributed by atoms with Crippen LogP contribution in [-0.4, -0.2) is 32.1 Å². The zero-order chi connectivity index (χ0) is 15.4. The molecule has 0 radical (unpaired) electrons. The molecule has 0 bridgehead atoms. The number of rotatable bonds is 7. The summed E-state index contributed by atoms with van der Waals surface area (Å²) >= 11 is 0. The lowest BCUT2D eigenvalue weighted by Crippen LogP contribution is -2.38. The third-order valence-electron chi connectivity index (χ3n) is 4.15. The van der Waals surface area contributed by atoms with Crippen molar-refractivity contribution in [2.24, 2.45) is 5.92 Å². The molecule has 1 atom stereocenters. The molecule has 0 spiro atoms. The lowest BCUT2D eigenvalue weighted by Gasteiger charge is -2.33. The number of carbonyl (C=O) groups excluding carboxylic acids is 1. The second kappa shape index (κ2) is 6.73. The molecule has 0 aromatic heterocycles. The molecule has 2 rings (SSSR count). The van der Waals surface area contributed by atoms with Crippen molar-refractivity contribution in [3.8, 4) is 6.07 Å². The van der Waals surface area contributed by atoms with Gasteiger partial charge >= 0.3 is 0 Å². The molecule has 1 aromatic carbocycles. The van der Waals surface area contributed by atoms with Gasteiger partial charge in [0.1, 0.15) is 0 Å². The Balaban J connectivity index is 2.40. The van der Waals surface area contributed by atoms with Crippen molar-refractivity contribution < 1.29 is 9.53 Å². The number of nitriles is 1. The number of benzene rings is 1. The maximum Gasteiger partial charge on any atom is 0.161 e. The SMILES string of the molecule is COCCN(c1cc(C#N)ccc1C(C)=O)C(C)C1CC1. The summed E-state index contributed by atoms with van der Waals surface area (Å²) in [6.45, 7) is 5.09. The van der Waals surface area contributed by atoms with E-state index < -0.39 is 0 Å². The highest BCUT2D eigenvalue weighted by atomic mass is 16.5. The van der Waals surface area contributed by atoms with Crippen LogP contribution in [0.25, 0.3) is 0 Å². The largest absolute Gasteiger partial charge is 0.383 e. The topological polar surface area (TPSA) is 53.3 Å². The normalized spacial score (nSPS) is 15.3. The molecule has 21 heavy (non-hydrogen) atoms. The lowest BCUT2D eigenvalue weighted by atomic mass is 10.0. The van der Waals surface area contributed by atoms with E-state index in [0.717, 1.165) is 12.2 Å². The Bertz CT molecular complexity index is 558. The first-order valence-corrected chi connectivity index (χ1v) is 7.39. The number of hydrogen-bond acceptors (Lipinski definition) is 4. The number of ketones is 1. The van der Waals surface area contributed by atoms with E-state index in [2.05, 4.69) is 17.9 Å². The predicted octanol–water partition coefficient (Wildman–Crippen LogP) is 3.01. The van der Waals surface area contributed by atoms with E-state index in [1.807, 2.05) is 6.07 Å². The van der Waals surface area contributed by atoms with Crippen molar-refractivity contribution in [3.05, 3.63) is 29.3 Å². The van der Waals surface area contributed by atoms with Crippen LogP contribution in [0, 0.1) is 17.2 Å². The van der Waals surface area contributed by atoms with Crippen LogP contribution >= 0.6 is 0 Å². The smallest absolute Gasteiger partial charge is 0.161 e. The summed E-state index contributed by atoms with van der Waals surface area (Å²) in [6.07, 6.45) is 2.47. The Kier molecular flexibility index (Phi) is 4.98. The minimum absolute atomic E-state index is 0.0277. The van der Waals surface area contributed by atoms with Crippen molar-refractivity contribution >= 4 is 11.5 Å². The van der Waals surface area contributed by atoms with Crippen LogP contribution in [0.15, 0.2) is 18.2 Å². The monoisotopic (exact) mass is 286 g/mol. The van der Waals surface area contributed by atoms with Crippen molar-refractivity contribution in [1.29, 1.82) is 5.26 Å². The molecule has 0 N–H and O–H groups in total. The zero-order valence-corrected chi connectivity index (χ0v) is 12.9. The summed E-state index contributed by atoms with van der Waals surface area (Å²) in [4.78, 5) is 14.1. The van der Waals surface area contributed by atoms with E-state index in [1.165, 1.54) is 12.8 Å². The van der Waals surface area contributed by atoms with Gasteiger partial charge in [-0.25, -0.2) is 0 Å². The number of carbonyl (C=O) groups is 1. The Morgan fingerprint density at radius 1 is 1.52 bits per heavy atom. The molecule has 0 aliphatic heterocycles. The summed E-state index contributed by atoms with van der Waals surface area (Å²) in [5, 5.41) is 9.13. The molecule has 112 valence electrons. The van der Waals surface area contributed by atoms with E-state index in [-0.39, 0.29) is 5.78 Å². The Labute approximate surface area is 126 Å². The third kappa shape index (κ3) is 3.62. The highest BCUT2D eigenvalue weighted by Gasteiger charge is 2.33. The molecular weight excluding hydrogens is 264 g/mol. The molecule has 0 saturated heterocycles. The van der Waals surface area contributed by atoms with Gasteiger partial charge in [-0.05, 0) is 50.8 Å². The van der Waals surface area contributed by atoms with Crippen LogP contribution in [0.5, 0.6) is 0 Å². The third-order valence-corrected chi connectivity index (χ3v) is 4.15. The first-order valence-electron chi connectivity index (χ1n) is 7.39. The molecule has 0 amide bonds. The second-order valence-electron chi connectivity index (χ2n) is 5.66. The standard InChI is InChI=1S/C17H22N2O2/c1-12(15-5-6-15)19(8-9-21-3)17-10-14(11-18)4-7-16(17)13(2)20/h4,7,10,12,15H,5-6,8-9H2,1-3H3. The molecule has 1 unspecified atom stereocenters. The lowest BCUT2D eigenvalue weighted by molar-refractivity contribution is 0.101. The van der Waals surface area contributed by atoms with E-state index in [1.54, 1.807) is 26.2 Å². The Hall–Kier alpha value is -1.86. The van der Waals surface area contributed by atoms with Gasteiger partial charge < -0.3 is 9.64 Å². The quantitative estimate of drug-likeness (QED) is 0.723. The number of hydrogen-bond donors (Lipinski definition) is 0. The zero-order valence-electron chi connectivity index (χ0n) is 12.9. The molecule has 4 heteroatoms. The fourth-order valence-corrected chi connectivity index (χ4v) is 2.70. The minimum Gasteiger partial charge on any atom is -0.383 e. The van der Waals surface area contributed by atoms with Gasteiger partial charge in [0.15, 0.2) is 5.78 Å². The molecule has 1 fully saturated rings. The van der Waals surface area contributed by atoms with Gasteiger partial charge in [-0.15, -0.1) is 0 Å². The Morgan fingerprint density at radius 2 is 2.24 bits per heavy atom. The molecule has 4 nitrogen and oxygen atoms in total. The van der Waals surface area contributed by atoms with Gasteiger partial charge in [0.2, 0.25) is 0 Å². The first-order chi connectivity index (χ1) is 10.1. The molecule has 1 aliphatic rings. The first kappa shape index (κ1) is 15.5. The fraction of sp³-hybridized carbons (Fsp3) is 0.529. The number of methoxy groups -OCH3 is 1. The van der Waals surface area contributed by atoms with E-state index in [9.17, 15) is 4.79 Å². The summed E-state index contributed by atoms with van der Waals surface area (Å²) in [5.41, 5.74) is 2.12.